The summed E-state index contributed by atoms with van der Waals surface area (Å²) < 4.78 is 10.4. The van der Waals surface area contributed by atoms with Crippen LogP contribution in [0, 0.1) is 0 Å². The second-order valence-corrected chi connectivity index (χ2v) is 4.96. The first-order valence-corrected chi connectivity index (χ1v) is 7.04. The highest BCUT2D eigenvalue weighted by Gasteiger charge is 2.04. The van der Waals surface area contributed by atoms with Crippen molar-refractivity contribution in [3.05, 3.63) is 28.3 Å². The molecule has 0 atom stereocenters. The molecule has 0 bridgehead atoms. The highest BCUT2D eigenvalue weighted by atomic mass is 32.1. The van der Waals surface area contributed by atoms with Gasteiger partial charge in [0.05, 0.1) is 13.2 Å². The zero-order chi connectivity index (χ0) is 13.3. The van der Waals surface area contributed by atoms with Crippen molar-refractivity contribution in [3.63, 3.8) is 0 Å². The first kappa shape index (κ1) is 14.0. The van der Waals surface area contributed by atoms with E-state index in [0.29, 0.717) is 25.1 Å². The summed E-state index contributed by atoms with van der Waals surface area (Å²) in [5, 5.41) is 16.2. The summed E-state index contributed by atoms with van der Waals surface area (Å²) >= 11 is 1.75. The van der Waals surface area contributed by atoms with Gasteiger partial charge in [0.1, 0.15) is 0 Å². The Labute approximate surface area is 116 Å². The molecule has 6 nitrogen and oxygen atoms in total. The van der Waals surface area contributed by atoms with E-state index in [1.165, 1.54) is 4.88 Å². The molecule has 0 fully saturated rings. The largest absolute Gasteiger partial charge is 0.407 e. The van der Waals surface area contributed by atoms with Gasteiger partial charge in [-0.25, -0.2) is 0 Å². The Kier molecular flexibility index (Phi) is 5.80. The molecular formula is C12H18N4O2S. The van der Waals surface area contributed by atoms with Gasteiger partial charge in [0.15, 0.2) is 0 Å². The van der Waals surface area contributed by atoms with Crippen molar-refractivity contribution in [2.24, 2.45) is 0 Å². The summed E-state index contributed by atoms with van der Waals surface area (Å²) in [6.07, 6.45) is 0.960. The lowest BCUT2D eigenvalue weighted by molar-refractivity contribution is 0.198. The number of methoxy groups -OCH3 is 1. The molecule has 0 saturated heterocycles. The highest BCUT2D eigenvalue weighted by Crippen LogP contribution is 2.10. The summed E-state index contributed by atoms with van der Waals surface area (Å²) in [5.74, 6) is 0.578. The van der Waals surface area contributed by atoms with Crippen molar-refractivity contribution in [1.82, 2.24) is 15.5 Å². The summed E-state index contributed by atoms with van der Waals surface area (Å²) in [5.41, 5.74) is 0. The van der Waals surface area contributed by atoms with Crippen LogP contribution in [0.15, 0.2) is 21.9 Å². The van der Waals surface area contributed by atoms with Gasteiger partial charge in [-0.05, 0) is 17.9 Å². The van der Waals surface area contributed by atoms with Crippen LogP contribution in [0.25, 0.3) is 0 Å². The van der Waals surface area contributed by atoms with Crippen LogP contribution in [0.5, 0.6) is 0 Å². The van der Waals surface area contributed by atoms with Gasteiger partial charge < -0.3 is 19.8 Å². The third-order valence-corrected chi connectivity index (χ3v) is 3.39. The Morgan fingerprint density at radius 2 is 2.32 bits per heavy atom. The van der Waals surface area contributed by atoms with Crippen LogP contribution in [0.3, 0.4) is 0 Å². The first-order valence-electron chi connectivity index (χ1n) is 6.17. The van der Waals surface area contributed by atoms with Gasteiger partial charge in [0, 0.05) is 25.1 Å². The molecule has 0 aliphatic rings. The normalized spacial score (nSPS) is 10.8. The van der Waals surface area contributed by atoms with Crippen LogP contribution in [0.1, 0.15) is 10.8 Å². The van der Waals surface area contributed by atoms with E-state index >= 15 is 0 Å². The first-order chi connectivity index (χ1) is 9.38. The smallest absolute Gasteiger partial charge is 0.315 e. The van der Waals surface area contributed by atoms with Gasteiger partial charge in [-0.3, -0.25) is 0 Å². The van der Waals surface area contributed by atoms with Crippen molar-refractivity contribution in [3.8, 4) is 0 Å². The zero-order valence-corrected chi connectivity index (χ0v) is 11.7. The number of hydrogen-bond donors (Lipinski definition) is 2. The average Bonchev–Trinajstić information content (AvgIpc) is 3.07. The van der Waals surface area contributed by atoms with Crippen molar-refractivity contribution in [2.75, 3.05) is 32.1 Å². The Balaban J connectivity index is 1.65. The summed E-state index contributed by atoms with van der Waals surface area (Å²) in [7, 11) is 1.67. The van der Waals surface area contributed by atoms with E-state index in [0.717, 1.165) is 19.5 Å². The molecular weight excluding hydrogens is 264 g/mol. The van der Waals surface area contributed by atoms with Crippen LogP contribution in [0.4, 0.5) is 6.01 Å². The lowest BCUT2D eigenvalue weighted by atomic mass is 10.3. The Morgan fingerprint density at radius 1 is 1.37 bits per heavy atom. The monoisotopic (exact) mass is 282 g/mol. The number of nitrogens with zero attached hydrogens (tertiary/aromatic N) is 2. The van der Waals surface area contributed by atoms with Crippen molar-refractivity contribution >= 4 is 17.4 Å². The second kappa shape index (κ2) is 7.88. The van der Waals surface area contributed by atoms with Gasteiger partial charge in [-0.15, -0.1) is 16.4 Å². The van der Waals surface area contributed by atoms with Crippen LogP contribution < -0.4 is 10.6 Å². The fraction of sp³-hybridized carbons (Fsp3) is 0.500. The number of anilines is 1. The molecule has 7 heteroatoms. The lowest BCUT2D eigenvalue weighted by Gasteiger charge is -2.00. The minimum atomic E-state index is 0.472. The van der Waals surface area contributed by atoms with E-state index in [2.05, 4.69) is 38.3 Å². The molecule has 0 aliphatic carbocycles. The van der Waals surface area contributed by atoms with E-state index in [4.69, 9.17) is 9.15 Å². The molecule has 0 unspecified atom stereocenters. The third-order valence-electron chi connectivity index (χ3n) is 2.45. The minimum absolute atomic E-state index is 0.472. The molecule has 2 rings (SSSR count). The summed E-state index contributed by atoms with van der Waals surface area (Å²) in [6.45, 7) is 2.78. The van der Waals surface area contributed by atoms with Crippen molar-refractivity contribution in [1.29, 1.82) is 0 Å². The van der Waals surface area contributed by atoms with Gasteiger partial charge >= 0.3 is 6.01 Å². The average molecular weight is 282 g/mol. The summed E-state index contributed by atoms with van der Waals surface area (Å²) in [6, 6.07) is 4.64. The second-order valence-electron chi connectivity index (χ2n) is 3.93. The van der Waals surface area contributed by atoms with Gasteiger partial charge in [-0.2, -0.15) is 0 Å². The molecule has 0 aliphatic heterocycles. The van der Waals surface area contributed by atoms with E-state index in [-0.39, 0.29) is 0 Å². The third kappa shape index (κ3) is 4.98. The van der Waals surface area contributed by atoms with Gasteiger partial charge in [0.25, 0.3) is 0 Å². The van der Waals surface area contributed by atoms with Crippen LogP contribution >= 0.6 is 11.3 Å². The molecule has 0 aromatic carbocycles. The number of aromatic nitrogens is 2. The summed E-state index contributed by atoms with van der Waals surface area (Å²) in [4.78, 5) is 1.34. The Hall–Kier alpha value is -1.44. The Bertz CT molecular complexity index is 458. The number of nitrogens with one attached hydrogen (secondary N) is 2. The molecule has 104 valence electrons. The Morgan fingerprint density at radius 3 is 3.11 bits per heavy atom. The molecule has 2 aromatic heterocycles. The van der Waals surface area contributed by atoms with Crippen molar-refractivity contribution < 1.29 is 9.15 Å². The fourth-order valence-electron chi connectivity index (χ4n) is 1.51. The van der Waals surface area contributed by atoms with Crippen molar-refractivity contribution in [2.45, 2.75) is 13.0 Å². The molecule has 0 spiro atoms. The minimum Gasteiger partial charge on any atom is -0.407 e. The number of thiophene rings is 1. The maximum atomic E-state index is 5.45. The molecule has 2 aromatic rings. The number of ether oxygens (including phenoxy) is 1. The van der Waals surface area contributed by atoms with E-state index < -0.39 is 0 Å². The molecule has 0 radical (unpaired) electrons. The molecule has 2 N–H and O–H groups in total. The SMILES string of the molecule is COCCNCc1nnc(NCCc2cccs2)o1. The number of hydrogen-bond acceptors (Lipinski definition) is 7. The molecule has 0 amide bonds. The molecule has 0 saturated carbocycles. The van der Waals surface area contributed by atoms with E-state index in [9.17, 15) is 0 Å². The van der Waals surface area contributed by atoms with Crippen LogP contribution in [-0.2, 0) is 17.7 Å². The lowest BCUT2D eigenvalue weighted by Crippen LogP contribution is -2.18. The number of rotatable bonds is 9. The molecule has 19 heavy (non-hydrogen) atoms. The van der Waals surface area contributed by atoms with Gasteiger partial charge in [0.2, 0.25) is 5.89 Å². The fourth-order valence-corrected chi connectivity index (χ4v) is 2.22. The van der Waals surface area contributed by atoms with E-state index in [1.54, 1.807) is 18.4 Å². The highest BCUT2D eigenvalue weighted by molar-refractivity contribution is 7.09. The predicted octanol–water partition coefficient (Wildman–Crippen LogP) is 1.52. The van der Waals surface area contributed by atoms with E-state index in [1.807, 2.05) is 0 Å². The maximum Gasteiger partial charge on any atom is 0.315 e. The standard InChI is InChI=1S/C12H18N4O2S/c1-17-7-6-13-9-11-15-16-12(18-11)14-5-4-10-3-2-8-19-10/h2-3,8,13H,4-7,9H2,1H3,(H,14,16). The maximum absolute atomic E-state index is 5.45. The quantitative estimate of drug-likeness (QED) is 0.679. The zero-order valence-electron chi connectivity index (χ0n) is 10.9. The van der Waals surface area contributed by atoms with Gasteiger partial charge in [-0.1, -0.05) is 11.2 Å². The topological polar surface area (TPSA) is 72.2 Å². The van der Waals surface area contributed by atoms with Crippen LogP contribution in [-0.4, -0.2) is 37.0 Å². The predicted molar refractivity (Wildman–Crippen MR) is 74.4 cm³/mol. The van der Waals surface area contributed by atoms with Crippen LogP contribution in [0.2, 0.25) is 0 Å². The molecule has 2 heterocycles.